The van der Waals surface area contributed by atoms with Crippen LogP contribution >= 0.6 is 12.6 Å². The Kier molecular flexibility index (Phi) is 7.78. The number of thiol groups is 1. The van der Waals surface area contributed by atoms with Gasteiger partial charge in [-0.3, -0.25) is 19.3 Å². The fraction of sp³-hybridized carbons (Fsp3) is 0.522. The Balaban J connectivity index is 1.62. The van der Waals surface area contributed by atoms with E-state index in [2.05, 4.69) is 23.2 Å². The van der Waals surface area contributed by atoms with E-state index in [-0.39, 0.29) is 38.2 Å². The summed E-state index contributed by atoms with van der Waals surface area (Å²) in [6, 6.07) is 4.29. The van der Waals surface area contributed by atoms with Crippen molar-refractivity contribution in [1.82, 2.24) is 10.3 Å². The van der Waals surface area contributed by atoms with Gasteiger partial charge in [-0.15, -0.1) is 0 Å². The first-order valence-corrected chi connectivity index (χ1v) is 11.4. The van der Waals surface area contributed by atoms with Crippen LogP contribution in [0.3, 0.4) is 0 Å². The van der Waals surface area contributed by atoms with Crippen LogP contribution in [0.25, 0.3) is 0 Å². The fourth-order valence-corrected chi connectivity index (χ4v) is 4.14. The minimum Gasteiger partial charge on any atom is -0.493 e. The highest BCUT2D eigenvalue weighted by Gasteiger charge is 2.38. The van der Waals surface area contributed by atoms with E-state index in [0.717, 1.165) is 41.0 Å². The average molecular weight is 476 g/mol. The van der Waals surface area contributed by atoms with E-state index in [1.54, 1.807) is 6.07 Å². The molecule has 178 valence electrons. The van der Waals surface area contributed by atoms with Crippen LogP contribution in [0.1, 0.15) is 63.5 Å². The summed E-state index contributed by atoms with van der Waals surface area (Å²) in [5.41, 5.74) is 5.37. The van der Waals surface area contributed by atoms with Crippen molar-refractivity contribution >= 4 is 42.0 Å². The molecule has 1 aliphatic heterocycles. The number of imide groups is 1. The first-order valence-electron chi connectivity index (χ1n) is 11.0. The maximum Gasteiger partial charge on any atom is 0.327 e. The predicted molar refractivity (Wildman–Crippen MR) is 124 cm³/mol. The number of hydrogen-bond acceptors (Lipinski definition) is 7. The number of hydrazone groups is 1. The van der Waals surface area contributed by atoms with Gasteiger partial charge in [0.15, 0.2) is 0 Å². The van der Waals surface area contributed by atoms with Gasteiger partial charge >= 0.3 is 5.97 Å². The zero-order chi connectivity index (χ0) is 24.2. The Hall–Kier alpha value is -2.88. The normalized spacial score (nSPS) is 18.3. The van der Waals surface area contributed by atoms with Gasteiger partial charge in [0.1, 0.15) is 11.8 Å². The van der Waals surface area contributed by atoms with Crippen LogP contribution in [-0.4, -0.2) is 56.8 Å². The van der Waals surface area contributed by atoms with Crippen LogP contribution in [0.4, 0.5) is 0 Å². The fourth-order valence-electron chi connectivity index (χ4n) is 4.00. The molecule has 33 heavy (non-hydrogen) atoms. The van der Waals surface area contributed by atoms with Gasteiger partial charge in [-0.1, -0.05) is 13.8 Å². The number of carboxylic acids is 1. The molecule has 2 aliphatic rings. The molecular formula is C23H29N3O6S. The molecule has 0 radical (unpaired) electrons. The molecule has 1 aromatic carbocycles. The van der Waals surface area contributed by atoms with E-state index in [1.807, 2.05) is 26.0 Å². The van der Waals surface area contributed by atoms with Gasteiger partial charge in [0.25, 0.3) is 0 Å². The Morgan fingerprint density at radius 3 is 2.55 bits per heavy atom. The first-order chi connectivity index (χ1) is 15.5. The second-order valence-corrected chi connectivity index (χ2v) is 10.1. The quantitative estimate of drug-likeness (QED) is 0.286. The number of carbonyl (C=O) groups is 4. The van der Waals surface area contributed by atoms with Gasteiger partial charge in [-0.05, 0) is 43.0 Å². The molecule has 3 rings (SSSR count). The number of rotatable bonds is 9. The van der Waals surface area contributed by atoms with Gasteiger partial charge in [0.05, 0.1) is 12.3 Å². The second kappa shape index (κ2) is 10.4. The molecule has 1 atom stereocenters. The average Bonchev–Trinajstić information content (AvgIpc) is 3.06. The number of aryl methyl sites for hydroxylation is 1. The van der Waals surface area contributed by atoms with Gasteiger partial charge in [0.2, 0.25) is 17.7 Å². The Morgan fingerprint density at radius 2 is 1.91 bits per heavy atom. The number of likely N-dealkylation sites (tertiary alicyclic amines) is 1. The molecule has 1 aliphatic carbocycles. The van der Waals surface area contributed by atoms with Crippen LogP contribution in [0.5, 0.6) is 5.75 Å². The zero-order valence-electron chi connectivity index (χ0n) is 18.8. The molecule has 0 bridgehead atoms. The number of benzene rings is 1. The molecular weight excluding hydrogens is 446 g/mol. The Labute approximate surface area is 198 Å². The minimum absolute atomic E-state index is 0.00410. The predicted octanol–water partition coefficient (Wildman–Crippen LogP) is 2.31. The van der Waals surface area contributed by atoms with Crippen molar-refractivity contribution in [1.29, 1.82) is 0 Å². The molecule has 1 fully saturated rings. The number of carboxylic acid groups (broad SMARTS) is 1. The molecule has 0 spiro atoms. The van der Waals surface area contributed by atoms with Gasteiger partial charge in [-0.25, -0.2) is 10.2 Å². The van der Waals surface area contributed by atoms with Crippen molar-refractivity contribution in [2.24, 2.45) is 5.10 Å². The van der Waals surface area contributed by atoms with E-state index in [9.17, 15) is 24.3 Å². The van der Waals surface area contributed by atoms with E-state index >= 15 is 0 Å². The van der Waals surface area contributed by atoms with Crippen LogP contribution in [0.15, 0.2) is 23.3 Å². The Morgan fingerprint density at radius 1 is 1.21 bits per heavy atom. The maximum absolute atomic E-state index is 12.1. The molecule has 10 heteroatoms. The standard InChI is InChI=1S/C23H29N3O6S/c1-23(2,33)13-19(27)25-24-17-5-3-4-14-12-15(6-7-16(14)17)32-11-10-18(22(30)31)26-20(28)8-9-21(26)29/h6-7,12,18,33H,3-5,8-11,13H2,1-2H3,(H,25,27)(H,30,31). The maximum atomic E-state index is 12.1. The van der Waals surface area contributed by atoms with Crippen molar-refractivity contribution in [2.75, 3.05) is 6.61 Å². The number of nitrogens with one attached hydrogen (secondary N) is 1. The van der Waals surface area contributed by atoms with Gasteiger partial charge in [-0.2, -0.15) is 17.7 Å². The highest BCUT2D eigenvalue weighted by atomic mass is 32.1. The van der Waals surface area contributed by atoms with Crippen LogP contribution in [0, 0.1) is 0 Å². The molecule has 2 N–H and O–H groups in total. The van der Waals surface area contributed by atoms with Crippen molar-refractivity contribution in [3.05, 3.63) is 29.3 Å². The molecule has 1 unspecified atom stereocenters. The lowest BCUT2D eigenvalue weighted by Crippen LogP contribution is -2.45. The summed E-state index contributed by atoms with van der Waals surface area (Å²) in [7, 11) is 0. The molecule has 0 aromatic heterocycles. The van der Waals surface area contributed by atoms with Crippen LogP contribution in [-0.2, 0) is 25.6 Å². The third kappa shape index (κ3) is 6.56. The SMILES string of the molecule is CC(C)(S)CC(=O)NN=C1CCCc2cc(OCCC(C(=O)O)N3C(=O)CCC3=O)ccc21. The summed E-state index contributed by atoms with van der Waals surface area (Å²) >= 11 is 4.36. The second-order valence-electron chi connectivity index (χ2n) is 8.90. The van der Waals surface area contributed by atoms with E-state index in [4.69, 9.17) is 4.74 Å². The topological polar surface area (TPSA) is 125 Å². The number of hydrogen-bond donors (Lipinski definition) is 3. The molecule has 1 saturated heterocycles. The number of amides is 3. The highest BCUT2D eigenvalue weighted by Crippen LogP contribution is 2.26. The van der Waals surface area contributed by atoms with E-state index < -0.39 is 28.6 Å². The first kappa shape index (κ1) is 24.8. The Bertz CT molecular complexity index is 969. The third-order valence-corrected chi connectivity index (χ3v) is 5.66. The third-order valence-electron chi connectivity index (χ3n) is 5.50. The zero-order valence-corrected chi connectivity index (χ0v) is 19.7. The molecule has 3 amide bonds. The summed E-state index contributed by atoms with van der Waals surface area (Å²) in [5.74, 6) is -1.77. The smallest absolute Gasteiger partial charge is 0.327 e. The van der Waals surface area contributed by atoms with Crippen molar-refractivity contribution < 1.29 is 29.0 Å². The summed E-state index contributed by atoms with van der Waals surface area (Å²) in [6.07, 6.45) is 2.80. The van der Waals surface area contributed by atoms with Gasteiger partial charge in [0, 0.05) is 36.0 Å². The molecule has 0 saturated carbocycles. The summed E-state index contributed by atoms with van der Waals surface area (Å²) in [5, 5.41) is 13.8. The molecule has 9 nitrogen and oxygen atoms in total. The van der Waals surface area contributed by atoms with E-state index in [0.29, 0.717) is 5.75 Å². The number of ether oxygens (including phenoxy) is 1. The molecule has 1 heterocycles. The van der Waals surface area contributed by atoms with Crippen LogP contribution in [0.2, 0.25) is 0 Å². The lowest BCUT2D eigenvalue weighted by Gasteiger charge is -2.23. The summed E-state index contributed by atoms with van der Waals surface area (Å²) in [4.78, 5) is 48.2. The lowest BCUT2D eigenvalue weighted by atomic mass is 9.90. The van der Waals surface area contributed by atoms with Crippen LogP contribution < -0.4 is 10.2 Å². The van der Waals surface area contributed by atoms with Crippen molar-refractivity contribution in [3.63, 3.8) is 0 Å². The number of aliphatic carboxylic acids is 1. The number of fused-ring (bicyclic) bond motifs is 1. The number of nitrogens with zero attached hydrogens (tertiary/aromatic N) is 2. The monoisotopic (exact) mass is 475 g/mol. The lowest BCUT2D eigenvalue weighted by molar-refractivity contribution is -0.154. The molecule has 1 aromatic rings. The number of carbonyl (C=O) groups excluding carboxylic acids is 3. The van der Waals surface area contributed by atoms with Crippen molar-refractivity contribution in [2.45, 2.75) is 69.6 Å². The minimum atomic E-state index is -1.23. The largest absolute Gasteiger partial charge is 0.493 e. The van der Waals surface area contributed by atoms with Gasteiger partial charge < -0.3 is 9.84 Å². The summed E-state index contributed by atoms with van der Waals surface area (Å²) < 4.78 is 5.32. The van der Waals surface area contributed by atoms with E-state index in [1.165, 1.54) is 0 Å². The van der Waals surface area contributed by atoms with Crippen molar-refractivity contribution in [3.8, 4) is 5.75 Å². The highest BCUT2D eigenvalue weighted by molar-refractivity contribution is 7.81. The summed E-state index contributed by atoms with van der Waals surface area (Å²) in [6.45, 7) is 3.77.